The van der Waals surface area contributed by atoms with Gasteiger partial charge in [-0.05, 0) is 43.2 Å². The van der Waals surface area contributed by atoms with Crippen LogP contribution in [0.5, 0.6) is 0 Å². The fourth-order valence-electron chi connectivity index (χ4n) is 3.95. The number of rotatable bonds is 4. The van der Waals surface area contributed by atoms with Gasteiger partial charge in [-0.3, -0.25) is 14.4 Å². The Hall–Kier alpha value is -4.45. The second-order valence-electron chi connectivity index (χ2n) is 7.89. The molecule has 2 aromatic heterocycles. The third kappa shape index (κ3) is 3.61. The zero-order chi connectivity index (χ0) is 23.1. The van der Waals surface area contributed by atoms with Gasteiger partial charge in [0.2, 0.25) is 5.78 Å². The number of anilines is 1. The number of para-hydroxylation sites is 1. The average Bonchev–Trinajstić information content (AvgIpc) is 3.18. The first-order chi connectivity index (χ1) is 15.9. The van der Waals surface area contributed by atoms with Crippen molar-refractivity contribution in [2.75, 3.05) is 5.32 Å². The lowest BCUT2D eigenvalue weighted by Crippen LogP contribution is -2.17. The first kappa shape index (κ1) is 20.5. The maximum absolute atomic E-state index is 13.1. The molecule has 0 aliphatic heterocycles. The molecule has 5 aromatic rings. The lowest BCUT2D eigenvalue weighted by atomic mass is 10.1. The molecule has 0 unspecified atom stereocenters. The Morgan fingerprint density at radius 2 is 1.55 bits per heavy atom. The molecule has 162 valence electrons. The zero-order valence-corrected chi connectivity index (χ0v) is 18.0. The number of furan rings is 1. The minimum atomic E-state index is -0.650. The molecule has 3 aromatic carbocycles. The highest BCUT2D eigenvalue weighted by atomic mass is 16.4. The summed E-state index contributed by atoms with van der Waals surface area (Å²) in [5, 5.41) is 3.72. The zero-order valence-electron chi connectivity index (χ0n) is 18.0. The molecular weight excluding hydrogens is 418 g/mol. The van der Waals surface area contributed by atoms with Gasteiger partial charge in [-0.15, -0.1) is 0 Å². The Morgan fingerprint density at radius 3 is 2.33 bits per heavy atom. The topological polar surface area (TPSA) is 89.5 Å². The molecule has 2 heterocycles. The molecule has 1 N–H and O–H groups in total. The molecule has 0 aliphatic rings. The van der Waals surface area contributed by atoms with E-state index in [0.29, 0.717) is 27.5 Å². The van der Waals surface area contributed by atoms with Gasteiger partial charge >= 0.3 is 0 Å². The highest BCUT2D eigenvalue weighted by Crippen LogP contribution is 2.33. The van der Waals surface area contributed by atoms with E-state index in [0.717, 1.165) is 17.2 Å². The van der Waals surface area contributed by atoms with E-state index < -0.39 is 5.91 Å². The minimum absolute atomic E-state index is 0.00527. The van der Waals surface area contributed by atoms with Gasteiger partial charge < -0.3 is 14.2 Å². The first-order valence-corrected chi connectivity index (χ1v) is 10.4. The van der Waals surface area contributed by atoms with E-state index in [1.165, 1.54) is 0 Å². The monoisotopic (exact) mass is 437 g/mol. The van der Waals surface area contributed by atoms with Crippen LogP contribution < -0.4 is 10.7 Å². The van der Waals surface area contributed by atoms with Crippen LogP contribution in [-0.2, 0) is 0 Å². The summed E-state index contributed by atoms with van der Waals surface area (Å²) in [5.41, 5.74) is 2.84. The van der Waals surface area contributed by atoms with E-state index in [4.69, 9.17) is 8.83 Å². The molecule has 0 fully saturated rings. The molecule has 33 heavy (non-hydrogen) atoms. The van der Waals surface area contributed by atoms with Crippen molar-refractivity contribution in [2.45, 2.75) is 13.8 Å². The average molecular weight is 437 g/mol. The number of fused-ring (bicyclic) bond motifs is 2. The largest absolute Gasteiger partial charge is 0.450 e. The summed E-state index contributed by atoms with van der Waals surface area (Å²) in [6, 6.07) is 20.5. The number of aryl methyl sites for hydroxylation is 2. The molecule has 0 saturated heterocycles. The van der Waals surface area contributed by atoms with E-state index >= 15 is 0 Å². The number of nitrogens with one attached hydrogen (secondary N) is 1. The van der Waals surface area contributed by atoms with Crippen LogP contribution in [0.2, 0.25) is 0 Å². The Balaban J connectivity index is 1.60. The first-order valence-electron chi connectivity index (χ1n) is 10.4. The van der Waals surface area contributed by atoms with Gasteiger partial charge in [0.25, 0.3) is 5.91 Å². The smallest absolute Gasteiger partial charge is 0.291 e. The second kappa shape index (κ2) is 7.91. The molecule has 6 heteroatoms. The van der Waals surface area contributed by atoms with Crippen molar-refractivity contribution in [3.8, 4) is 0 Å². The lowest BCUT2D eigenvalue weighted by Gasteiger charge is -2.08. The van der Waals surface area contributed by atoms with Crippen LogP contribution in [0.25, 0.3) is 21.9 Å². The third-order valence-electron chi connectivity index (χ3n) is 5.46. The Labute approximate surface area is 188 Å². The van der Waals surface area contributed by atoms with Crippen molar-refractivity contribution in [1.82, 2.24) is 0 Å². The number of benzene rings is 3. The second-order valence-corrected chi connectivity index (χ2v) is 7.89. The number of hydrogen-bond acceptors (Lipinski definition) is 5. The van der Waals surface area contributed by atoms with Gasteiger partial charge in [-0.25, -0.2) is 0 Å². The fourth-order valence-corrected chi connectivity index (χ4v) is 3.95. The number of carbonyl (C=O) groups excluding carboxylic acids is 2. The van der Waals surface area contributed by atoms with E-state index in [1.54, 1.807) is 54.6 Å². The lowest BCUT2D eigenvalue weighted by molar-refractivity contribution is 0.0997. The van der Waals surface area contributed by atoms with Gasteiger partial charge in [0.1, 0.15) is 11.2 Å². The summed E-state index contributed by atoms with van der Waals surface area (Å²) in [5.74, 6) is -1.16. The van der Waals surface area contributed by atoms with Gasteiger partial charge in [0.05, 0.1) is 11.1 Å². The summed E-state index contributed by atoms with van der Waals surface area (Å²) in [4.78, 5) is 39.0. The summed E-state index contributed by atoms with van der Waals surface area (Å²) >= 11 is 0. The Morgan fingerprint density at radius 1 is 0.818 bits per heavy atom. The van der Waals surface area contributed by atoms with E-state index in [9.17, 15) is 14.4 Å². The van der Waals surface area contributed by atoms with Crippen LogP contribution in [0.4, 0.5) is 5.69 Å². The molecule has 0 radical (unpaired) electrons. The van der Waals surface area contributed by atoms with Crippen LogP contribution in [0.15, 0.2) is 86.4 Å². The quantitative estimate of drug-likeness (QED) is 0.368. The Bertz CT molecular complexity index is 1610. The summed E-state index contributed by atoms with van der Waals surface area (Å²) in [7, 11) is 0. The van der Waals surface area contributed by atoms with Crippen LogP contribution in [-0.4, -0.2) is 11.7 Å². The van der Waals surface area contributed by atoms with Crippen molar-refractivity contribution in [3.05, 3.63) is 111 Å². The molecular formula is C27H19NO5. The van der Waals surface area contributed by atoms with Crippen molar-refractivity contribution < 1.29 is 18.4 Å². The van der Waals surface area contributed by atoms with E-state index in [1.807, 2.05) is 26.0 Å². The van der Waals surface area contributed by atoms with Crippen LogP contribution >= 0.6 is 0 Å². The standard InChI is InChI=1S/C27H19NO5/c1-15-12-16(2)25-19(13-15)20(29)14-22(33-25)27(31)28-23-18-10-6-7-11-21(18)32-26(23)24(30)17-8-4-3-5-9-17/h3-14H,1-2H3,(H,28,31). The third-order valence-corrected chi connectivity index (χ3v) is 5.46. The number of hydrogen-bond donors (Lipinski definition) is 1. The highest BCUT2D eigenvalue weighted by molar-refractivity contribution is 6.18. The summed E-state index contributed by atoms with van der Waals surface area (Å²) in [6.45, 7) is 3.71. The summed E-state index contributed by atoms with van der Waals surface area (Å²) in [6.07, 6.45) is 0. The normalized spacial score (nSPS) is 11.1. The summed E-state index contributed by atoms with van der Waals surface area (Å²) < 4.78 is 11.6. The van der Waals surface area contributed by atoms with Gasteiger partial charge in [0, 0.05) is 17.0 Å². The van der Waals surface area contributed by atoms with Crippen LogP contribution in [0.3, 0.4) is 0 Å². The fraction of sp³-hybridized carbons (Fsp3) is 0.0741. The predicted octanol–water partition coefficient (Wildman–Crippen LogP) is 5.64. The van der Waals surface area contributed by atoms with Crippen molar-refractivity contribution in [1.29, 1.82) is 0 Å². The SMILES string of the molecule is Cc1cc(C)c2oc(C(=O)Nc3c(C(=O)c4ccccc4)oc4ccccc34)cc(=O)c2c1. The van der Waals surface area contributed by atoms with Crippen LogP contribution in [0.1, 0.15) is 37.8 Å². The maximum Gasteiger partial charge on any atom is 0.291 e. The number of ketones is 1. The predicted molar refractivity (Wildman–Crippen MR) is 126 cm³/mol. The van der Waals surface area contributed by atoms with Gasteiger partial charge in [-0.1, -0.05) is 48.5 Å². The molecule has 1 amide bonds. The van der Waals surface area contributed by atoms with E-state index in [-0.39, 0.29) is 28.4 Å². The van der Waals surface area contributed by atoms with E-state index in [2.05, 4.69) is 5.32 Å². The number of amides is 1. The maximum atomic E-state index is 13.1. The molecule has 0 saturated carbocycles. The van der Waals surface area contributed by atoms with Crippen molar-refractivity contribution in [3.63, 3.8) is 0 Å². The van der Waals surface area contributed by atoms with Crippen molar-refractivity contribution in [2.24, 2.45) is 0 Å². The minimum Gasteiger partial charge on any atom is -0.450 e. The molecule has 0 atom stereocenters. The molecule has 5 rings (SSSR count). The molecule has 0 spiro atoms. The number of carbonyl (C=O) groups is 2. The molecule has 0 aliphatic carbocycles. The van der Waals surface area contributed by atoms with Gasteiger partial charge in [0.15, 0.2) is 16.9 Å². The molecule has 0 bridgehead atoms. The van der Waals surface area contributed by atoms with Crippen LogP contribution in [0, 0.1) is 13.8 Å². The highest BCUT2D eigenvalue weighted by Gasteiger charge is 2.24. The Kier molecular flexibility index (Phi) is 4.90. The van der Waals surface area contributed by atoms with Gasteiger partial charge in [-0.2, -0.15) is 0 Å². The molecule has 6 nitrogen and oxygen atoms in total. The van der Waals surface area contributed by atoms with Crippen molar-refractivity contribution >= 4 is 39.3 Å².